The third-order valence-corrected chi connectivity index (χ3v) is 4.58. The van der Waals surface area contributed by atoms with Crippen molar-refractivity contribution in [2.45, 2.75) is 31.4 Å². The number of aromatic nitrogens is 1. The molecule has 2 amide bonds. The van der Waals surface area contributed by atoms with Crippen LogP contribution in [0.15, 0.2) is 42.6 Å². The third-order valence-electron chi connectivity index (χ3n) is 3.71. The molecule has 0 aliphatic carbocycles. The highest BCUT2D eigenvalue weighted by Gasteiger charge is 2.31. The molecule has 1 aliphatic rings. The molecule has 0 radical (unpaired) electrons. The van der Waals surface area contributed by atoms with Crippen molar-refractivity contribution in [2.24, 2.45) is 0 Å². The first-order valence-electron chi connectivity index (χ1n) is 9.37. The fourth-order valence-corrected chi connectivity index (χ4v) is 3.10. The molecule has 1 atom stereocenters. The van der Waals surface area contributed by atoms with Crippen LogP contribution in [-0.2, 0) is 24.0 Å². The molecule has 1 saturated heterocycles. The average molecular weight is 359 g/mol. The van der Waals surface area contributed by atoms with Gasteiger partial charge in [-0.25, -0.2) is 0 Å². The quantitative estimate of drug-likeness (QED) is 0.822. The first-order valence-corrected chi connectivity index (χ1v) is 8.69. The number of carbonyl (C=O) groups excluding carboxylic acids is 2. The van der Waals surface area contributed by atoms with E-state index in [1.807, 2.05) is 0 Å². The van der Waals surface area contributed by atoms with E-state index in [-0.39, 0.29) is 6.42 Å². The van der Waals surface area contributed by atoms with Crippen molar-refractivity contribution >= 4 is 22.9 Å². The number of hydrogen-bond donors (Lipinski definition) is 1. The Kier molecular flexibility index (Phi) is 4.54. The number of benzene rings is 1. The van der Waals surface area contributed by atoms with Crippen LogP contribution in [0, 0.1) is 0 Å². The molecule has 2 aromatic rings. The molecule has 3 rings (SSSR count). The molecule has 1 aliphatic heterocycles. The number of hydrogen-bond acceptors (Lipinski definition) is 5. The van der Waals surface area contributed by atoms with Gasteiger partial charge in [-0.3, -0.25) is 19.9 Å². The van der Waals surface area contributed by atoms with Crippen LogP contribution in [0.3, 0.4) is 0 Å². The van der Waals surface area contributed by atoms with E-state index in [0.717, 1.165) is 11.3 Å². The number of rotatable bonds is 7. The maximum absolute atomic E-state index is 11.7. The summed E-state index contributed by atoms with van der Waals surface area (Å²) in [7, 11) is 0. The molecule has 0 spiro atoms. The SMILES string of the molecule is [2H]C1(Cc2ccc(OCCc3ccc(C([2H])([2H])C)cn3)cc2)SC(=O)NC1=O. The molecular formula is C19H20N2O3S. The van der Waals surface area contributed by atoms with Gasteiger partial charge in [0.05, 0.1) is 13.2 Å². The van der Waals surface area contributed by atoms with Gasteiger partial charge in [-0.15, -0.1) is 0 Å². The van der Waals surface area contributed by atoms with Crippen LogP contribution >= 0.6 is 11.8 Å². The summed E-state index contributed by atoms with van der Waals surface area (Å²) in [6.45, 7) is 1.91. The summed E-state index contributed by atoms with van der Waals surface area (Å²) in [6.07, 6.45) is 0.856. The van der Waals surface area contributed by atoms with Gasteiger partial charge in [0.15, 0.2) is 0 Å². The maximum Gasteiger partial charge on any atom is 0.286 e. The fraction of sp³-hybridized carbons (Fsp3) is 0.316. The smallest absolute Gasteiger partial charge is 0.286 e. The third kappa shape index (κ3) is 4.82. The Labute approximate surface area is 155 Å². The zero-order chi connectivity index (χ0) is 20.4. The standard InChI is InChI=1S/C19H20N2O3S/c1-2-13-3-6-15(20-12-13)9-10-24-16-7-4-14(5-8-16)11-17-18(22)21-19(23)25-17/h3-8,12,17H,2,9-11H2,1H3,(H,21,22,23)/i2D2,17D. The van der Waals surface area contributed by atoms with Crippen molar-refractivity contribution in [1.29, 1.82) is 0 Å². The summed E-state index contributed by atoms with van der Waals surface area (Å²) in [6, 6.07) is 10.6. The molecule has 1 N–H and O–H groups in total. The number of nitrogens with zero attached hydrogens (tertiary/aromatic N) is 1. The van der Waals surface area contributed by atoms with Crippen LogP contribution in [0.5, 0.6) is 5.75 Å². The van der Waals surface area contributed by atoms with Gasteiger partial charge in [-0.05, 0) is 42.1 Å². The molecule has 130 valence electrons. The van der Waals surface area contributed by atoms with E-state index in [2.05, 4.69) is 10.3 Å². The van der Waals surface area contributed by atoms with E-state index < -0.39 is 22.7 Å². The van der Waals surface area contributed by atoms with Crippen LogP contribution < -0.4 is 10.1 Å². The fourth-order valence-electron chi connectivity index (χ4n) is 2.35. The Morgan fingerprint density at radius 2 is 2.00 bits per heavy atom. The molecule has 1 fully saturated rings. The minimum absolute atomic E-state index is 0.136. The second kappa shape index (κ2) is 8.16. The lowest BCUT2D eigenvalue weighted by molar-refractivity contribution is -0.118. The Hall–Kier alpha value is -2.34. The van der Waals surface area contributed by atoms with Gasteiger partial charge in [0, 0.05) is 21.1 Å². The second-order valence-corrected chi connectivity index (χ2v) is 6.54. The van der Waals surface area contributed by atoms with Crippen molar-refractivity contribution < 1.29 is 18.4 Å². The molecule has 0 bridgehead atoms. The molecule has 5 nitrogen and oxygen atoms in total. The van der Waals surface area contributed by atoms with E-state index in [4.69, 9.17) is 8.85 Å². The molecule has 1 unspecified atom stereocenters. The first-order chi connectivity index (χ1) is 13.2. The molecule has 1 aromatic heterocycles. The predicted molar refractivity (Wildman–Crippen MR) is 97.9 cm³/mol. The number of aryl methyl sites for hydroxylation is 1. The summed E-state index contributed by atoms with van der Waals surface area (Å²) < 4.78 is 29.2. The van der Waals surface area contributed by atoms with Gasteiger partial charge >= 0.3 is 0 Å². The van der Waals surface area contributed by atoms with Crippen LogP contribution in [0.25, 0.3) is 0 Å². The first kappa shape index (κ1) is 13.9. The summed E-state index contributed by atoms with van der Waals surface area (Å²) in [5.74, 6) is 0.0707. The topological polar surface area (TPSA) is 68.3 Å². The summed E-state index contributed by atoms with van der Waals surface area (Å²) in [5, 5.41) is 0.129. The van der Waals surface area contributed by atoms with Gasteiger partial charge in [-0.2, -0.15) is 0 Å². The Bertz CT molecular complexity index is 869. The lowest BCUT2D eigenvalue weighted by Gasteiger charge is -2.09. The number of carbonyl (C=O) groups is 2. The zero-order valence-electron chi connectivity index (χ0n) is 16.7. The summed E-state index contributed by atoms with van der Waals surface area (Å²) >= 11 is 0.694. The molecule has 6 heteroatoms. The van der Waals surface area contributed by atoms with E-state index in [0.29, 0.717) is 36.1 Å². The van der Waals surface area contributed by atoms with Gasteiger partial charge in [0.25, 0.3) is 5.24 Å². The number of thioether (sulfide) groups is 1. The highest BCUT2D eigenvalue weighted by molar-refractivity contribution is 8.15. The molecule has 0 saturated carbocycles. The molecule has 25 heavy (non-hydrogen) atoms. The van der Waals surface area contributed by atoms with E-state index in [9.17, 15) is 9.59 Å². The van der Waals surface area contributed by atoms with Gasteiger partial charge < -0.3 is 4.74 Å². The Balaban J connectivity index is 1.51. The lowest BCUT2D eigenvalue weighted by Crippen LogP contribution is -2.25. The number of amides is 2. The van der Waals surface area contributed by atoms with Crippen molar-refractivity contribution in [3.8, 4) is 5.75 Å². The Morgan fingerprint density at radius 3 is 2.60 bits per heavy atom. The van der Waals surface area contributed by atoms with Crippen molar-refractivity contribution in [3.63, 3.8) is 0 Å². The van der Waals surface area contributed by atoms with Crippen molar-refractivity contribution in [3.05, 3.63) is 59.4 Å². The normalized spacial score (nSPS) is 22.0. The number of nitrogens with one attached hydrogen (secondary N) is 1. The average Bonchev–Trinajstić information content (AvgIpc) is 2.88. The summed E-state index contributed by atoms with van der Waals surface area (Å²) in [4.78, 5) is 27.3. The molecule has 2 heterocycles. The van der Waals surface area contributed by atoms with Crippen LogP contribution in [0.2, 0.25) is 0 Å². The highest BCUT2D eigenvalue weighted by atomic mass is 32.2. The largest absolute Gasteiger partial charge is 0.493 e. The van der Waals surface area contributed by atoms with E-state index >= 15 is 0 Å². The lowest BCUT2D eigenvalue weighted by atomic mass is 10.1. The van der Waals surface area contributed by atoms with Crippen LogP contribution in [0.1, 0.15) is 27.9 Å². The molecule has 1 aromatic carbocycles. The highest BCUT2D eigenvalue weighted by Crippen LogP contribution is 2.23. The van der Waals surface area contributed by atoms with Gasteiger partial charge in [0.1, 0.15) is 5.75 Å². The van der Waals surface area contributed by atoms with Gasteiger partial charge in [-0.1, -0.05) is 36.9 Å². The van der Waals surface area contributed by atoms with E-state index in [1.54, 1.807) is 42.6 Å². The predicted octanol–water partition coefficient (Wildman–Crippen LogP) is 3.16. The van der Waals surface area contributed by atoms with E-state index in [1.165, 1.54) is 6.92 Å². The number of pyridine rings is 1. The zero-order valence-corrected chi connectivity index (χ0v) is 14.6. The maximum atomic E-state index is 11.7. The second-order valence-electron chi connectivity index (χ2n) is 5.47. The number of ether oxygens (including phenoxy) is 1. The number of imide groups is 1. The van der Waals surface area contributed by atoms with Crippen molar-refractivity contribution in [1.82, 2.24) is 10.3 Å². The van der Waals surface area contributed by atoms with Crippen molar-refractivity contribution in [2.75, 3.05) is 6.61 Å². The summed E-state index contributed by atoms with van der Waals surface area (Å²) in [5.41, 5.74) is 2.12. The Morgan fingerprint density at radius 1 is 1.24 bits per heavy atom. The minimum Gasteiger partial charge on any atom is -0.493 e. The molecular weight excluding hydrogens is 336 g/mol. The van der Waals surface area contributed by atoms with Gasteiger partial charge in [0.2, 0.25) is 5.91 Å². The van der Waals surface area contributed by atoms with Crippen LogP contribution in [0.4, 0.5) is 4.79 Å². The minimum atomic E-state index is -1.52. The monoisotopic (exact) mass is 359 g/mol. The van der Waals surface area contributed by atoms with Crippen LogP contribution in [-0.4, -0.2) is 28.0 Å².